The molecule has 0 spiro atoms. The Kier molecular flexibility index (Phi) is 13.0. The van der Waals surface area contributed by atoms with Crippen LogP contribution in [0.1, 0.15) is 70.0 Å². The summed E-state index contributed by atoms with van der Waals surface area (Å²) in [4.78, 5) is 1.80. The first-order valence-corrected chi connectivity index (χ1v) is 20.8. The third kappa shape index (κ3) is 8.04. The van der Waals surface area contributed by atoms with Crippen molar-refractivity contribution in [3.8, 4) is 45.8 Å². The minimum absolute atomic E-state index is 0.0392. The lowest BCUT2D eigenvalue weighted by atomic mass is 10.0. The van der Waals surface area contributed by atoms with E-state index in [1.807, 2.05) is 55.8 Å². The van der Waals surface area contributed by atoms with Crippen molar-refractivity contribution in [1.82, 2.24) is 29.2 Å². The van der Waals surface area contributed by atoms with Gasteiger partial charge in [-0.2, -0.15) is 5.10 Å². The van der Waals surface area contributed by atoms with E-state index in [0.717, 1.165) is 56.5 Å². The molecule has 0 amide bonds. The topological polar surface area (TPSA) is 149 Å². The highest BCUT2D eigenvalue weighted by Gasteiger charge is 2.23. The van der Waals surface area contributed by atoms with Crippen molar-refractivity contribution in [2.45, 2.75) is 66.8 Å². The predicted molar refractivity (Wildman–Crippen MR) is 249 cm³/mol. The first-order chi connectivity index (χ1) is 28.7. The molecule has 0 radical (unpaired) electrons. The van der Waals surface area contributed by atoms with Gasteiger partial charge in [0.2, 0.25) is 0 Å². The van der Waals surface area contributed by atoms with Gasteiger partial charge in [-0.3, -0.25) is 14.6 Å². The van der Waals surface area contributed by atoms with Gasteiger partial charge in [-0.15, -0.1) is 0 Å². The van der Waals surface area contributed by atoms with Crippen LogP contribution < -0.4 is 15.0 Å². The first kappa shape index (κ1) is 43.3. The number of aromatic hydroxyl groups is 4. The monoisotopic (exact) mass is 847 g/mol. The molecule has 3 aromatic heterocycles. The molecule has 314 valence electrons. The number of aryl methyl sites for hydroxylation is 4. The number of nitrogens with zero attached hydrogens (tertiary/aromatic N) is 5. The molecule has 7 aromatic rings. The number of phenolic OH excluding ortho intramolecular Hbond substituents is 4. The summed E-state index contributed by atoms with van der Waals surface area (Å²) in [5, 5.41) is 54.0. The van der Waals surface area contributed by atoms with Crippen LogP contribution in [0.15, 0.2) is 79.5 Å². The maximum atomic E-state index is 10.6. The van der Waals surface area contributed by atoms with Crippen molar-refractivity contribution in [2.75, 3.05) is 18.6 Å². The molecule has 3 heterocycles. The predicted octanol–water partition coefficient (Wildman–Crippen LogP) is 10.2. The van der Waals surface area contributed by atoms with Gasteiger partial charge in [0.25, 0.3) is 0 Å². The molecule has 0 bridgehead atoms. The van der Waals surface area contributed by atoms with Crippen molar-refractivity contribution in [3.05, 3.63) is 107 Å². The Morgan fingerprint density at radius 3 is 2.20 bits per heavy atom. The fourth-order valence-electron chi connectivity index (χ4n) is 7.56. The van der Waals surface area contributed by atoms with Crippen molar-refractivity contribution >= 4 is 62.7 Å². The number of phenols is 4. The van der Waals surface area contributed by atoms with Crippen molar-refractivity contribution in [1.29, 1.82) is 0 Å². The smallest absolute Gasteiger partial charge is 0.200 e. The zero-order valence-corrected chi connectivity index (χ0v) is 36.9. The van der Waals surface area contributed by atoms with E-state index in [-0.39, 0.29) is 29.0 Å². The quantitative estimate of drug-likeness (QED) is 0.0695. The minimum atomic E-state index is -0.0631. The second-order valence-corrected chi connectivity index (χ2v) is 15.4. The van der Waals surface area contributed by atoms with E-state index in [4.69, 9.17) is 29.2 Å². The number of thiocarbonyl (C=S) groups is 1. The summed E-state index contributed by atoms with van der Waals surface area (Å²) < 4.78 is 12.5. The van der Waals surface area contributed by atoms with Gasteiger partial charge < -0.3 is 39.6 Å². The third-order valence-corrected chi connectivity index (χ3v) is 11.4. The van der Waals surface area contributed by atoms with E-state index in [1.165, 1.54) is 17.8 Å². The first-order valence-electron chi connectivity index (χ1n) is 20.0. The van der Waals surface area contributed by atoms with Gasteiger partial charge in [-0.1, -0.05) is 27.4 Å². The number of H-pyrrole nitrogens is 1. The van der Waals surface area contributed by atoms with Gasteiger partial charge in [0.1, 0.15) is 28.7 Å². The van der Waals surface area contributed by atoms with E-state index >= 15 is 0 Å². The average Bonchev–Trinajstić information content (AvgIpc) is 3.93. The molecule has 0 saturated carbocycles. The Morgan fingerprint density at radius 1 is 0.883 bits per heavy atom. The Balaban J connectivity index is 0.000000202. The highest BCUT2D eigenvalue weighted by molar-refractivity contribution is 7.80. The van der Waals surface area contributed by atoms with Gasteiger partial charge in [0, 0.05) is 71.7 Å². The fraction of sp³-hybridized carbons (Fsp3) is 0.283. The number of aromatic amines is 1. The molecular weight excluding hydrogens is 795 g/mol. The molecule has 0 unspecified atom stereocenters. The Labute approximate surface area is 360 Å². The van der Waals surface area contributed by atoms with Crippen molar-refractivity contribution in [3.63, 3.8) is 0 Å². The second kappa shape index (κ2) is 17.9. The van der Waals surface area contributed by atoms with Crippen LogP contribution in [-0.2, 0) is 26.3 Å². The summed E-state index contributed by atoms with van der Waals surface area (Å²) in [6.07, 6.45) is 4.25. The molecule has 0 atom stereocenters. The standard InChI is InChI=1S/C23H26N4O3S.C23H27N3O2S/c1-5-14-11-16(19(29)12-18(14)28)22-24-25-23(31)27(22)17-7-8-20(30-6-2)21-15(17)9-10-26(21)13(3)4;1-6-15-12-19(22(28)13-21(15)27)14(3)26(23(29)24-4)18-8-9-20-16(11-18)10-17(7-2)25(20)5/h7-13,28-29H,5-6H2,1-4H3,(H,25,31);8-13,27-28H,3,6-7H2,1-2,4-5H3,(H,24,29). The molecular formula is C46H53N7O5S2. The van der Waals surface area contributed by atoms with Crippen LogP contribution in [0.2, 0.25) is 0 Å². The molecule has 12 nitrogen and oxygen atoms in total. The lowest BCUT2D eigenvalue weighted by molar-refractivity contribution is 0.342. The Bertz CT molecular complexity index is 2800. The van der Waals surface area contributed by atoms with Crippen LogP contribution in [0.3, 0.4) is 0 Å². The number of nitrogens with one attached hydrogen (secondary N) is 2. The summed E-state index contributed by atoms with van der Waals surface area (Å²) in [5.41, 5.74) is 8.06. The highest BCUT2D eigenvalue weighted by atomic mass is 32.1. The molecule has 7 rings (SSSR count). The largest absolute Gasteiger partial charge is 0.508 e. The molecule has 60 heavy (non-hydrogen) atoms. The Morgan fingerprint density at radius 2 is 1.57 bits per heavy atom. The minimum Gasteiger partial charge on any atom is -0.508 e. The van der Waals surface area contributed by atoms with E-state index in [0.29, 0.717) is 52.0 Å². The highest BCUT2D eigenvalue weighted by Crippen LogP contribution is 2.40. The summed E-state index contributed by atoms with van der Waals surface area (Å²) in [7, 11) is 3.82. The lowest BCUT2D eigenvalue weighted by Gasteiger charge is -2.28. The van der Waals surface area contributed by atoms with Gasteiger partial charge in [0.05, 0.1) is 29.1 Å². The third-order valence-electron chi connectivity index (χ3n) is 10.7. The number of rotatable bonds is 11. The van der Waals surface area contributed by atoms with Crippen LogP contribution in [0.5, 0.6) is 28.7 Å². The number of benzene rings is 4. The van der Waals surface area contributed by atoms with Gasteiger partial charge in [-0.25, -0.2) is 0 Å². The second-order valence-electron chi connectivity index (χ2n) is 14.6. The van der Waals surface area contributed by atoms with Gasteiger partial charge in [0.15, 0.2) is 15.7 Å². The number of hydrogen-bond acceptors (Lipinski definition) is 8. The van der Waals surface area contributed by atoms with Gasteiger partial charge >= 0.3 is 0 Å². The lowest BCUT2D eigenvalue weighted by Crippen LogP contribution is -2.36. The van der Waals surface area contributed by atoms with Crippen LogP contribution in [0, 0.1) is 4.77 Å². The summed E-state index contributed by atoms with van der Waals surface area (Å²) in [6.45, 7) is 17.0. The molecule has 0 saturated heterocycles. The SMILES string of the molecule is C=C(c1cc(CC)c(O)cc1O)N(C(=S)NC)c1ccc2c(c1)cc(CC)n2C.CCOc1ccc(-n2c(-c3cc(CC)c(O)cc3O)n[nH]c2=S)c2ccn(C(C)C)c12. The van der Waals surface area contributed by atoms with Crippen LogP contribution in [-0.4, -0.2) is 63.1 Å². The number of ether oxygens (including phenoxy) is 1. The number of anilines is 1. The van der Waals surface area contributed by atoms with Crippen molar-refractivity contribution < 1.29 is 25.2 Å². The van der Waals surface area contributed by atoms with E-state index in [9.17, 15) is 20.4 Å². The zero-order valence-electron chi connectivity index (χ0n) is 35.3. The van der Waals surface area contributed by atoms with Crippen LogP contribution >= 0.6 is 24.4 Å². The van der Waals surface area contributed by atoms with E-state index in [1.54, 1.807) is 24.1 Å². The van der Waals surface area contributed by atoms with E-state index in [2.05, 4.69) is 77.2 Å². The number of fused-ring (bicyclic) bond motifs is 2. The molecule has 6 N–H and O–H groups in total. The molecule has 4 aromatic carbocycles. The number of hydrogen-bond donors (Lipinski definition) is 6. The normalized spacial score (nSPS) is 11.2. The maximum absolute atomic E-state index is 10.6. The van der Waals surface area contributed by atoms with E-state index < -0.39 is 0 Å². The van der Waals surface area contributed by atoms with Gasteiger partial charge in [-0.05, 0) is 130 Å². The summed E-state index contributed by atoms with van der Waals surface area (Å²) in [6, 6.07) is 20.7. The average molecular weight is 848 g/mol. The molecule has 0 fully saturated rings. The number of aromatic nitrogens is 5. The Hall–Kier alpha value is -6.25. The molecule has 14 heteroatoms. The zero-order chi connectivity index (χ0) is 43.6. The molecule has 0 aliphatic rings. The summed E-state index contributed by atoms with van der Waals surface area (Å²) >= 11 is 11.1. The maximum Gasteiger partial charge on any atom is 0.200 e. The molecule has 0 aliphatic carbocycles. The fourth-order valence-corrected chi connectivity index (χ4v) is 8.00. The van der Waals surface area contributed by atoms with Crippen LogP contribution in [0.4, 0.5) is 5.69 Å². The van der Waals surface area contributed by atoms with Crippen molar-refractivity contribution in [2.24, 2.45) is 7.05 Å². The molecule has 0 aliphatic heterocycles. The van der Waals surface area contributed by atoms with Crippen LogP contribution in [0.25, 0.3) is 44.6 Å². The summed E-state index contributed by atoms with van der Waals surface area (Å²) in [5.74, 6) is 1.30.